The first-order valence-corrected chi connectivity index (χ1v) is 12.3. The normalized spacial score (nSPS) is 11.7. The highest BCUT2D eigenvalue weighted by Crippen LogP contribution is 2.33. The van der Waals surface area contributed by atoms with E-state index in [2.05, 4.69) is 52.2 Å². The van der Waals surface area contributed by atoms with Crippen LogP contribution in [0.15, 0.2) is 60.7 Å². The first kappa shape index (κ1) is 26.8. The number of benzene rings is 3. The van der Waals surface area contributed by atoms with E-state index in [1.807, 2.05) is 12.1 Å². The number of phenolic OH excluding ortho intramolecular Hbond substituents is 2. The largest absolute Gasteiger partial charge is 0.507 e. The van der Waals surface area contributed by atoms with E-state index in [0.717, 1.165) is 24.0 Å². The second-order valence-electron chi connectivity index (χ2n) is 10.4. The van der Waals surface area contributed by atoms with Gasteiger partial charge in [0.05, 0.1) is 22.5 Å². The number of nitrogens with one attached hydrogen (secondary N) is 2. The van der Waals surface area contributed by atoms with E-state index in [9.17, 15) is 19.8 Å². The molecule has 36 heavy (non-hydrogen) atoms. The molecular weight excluding hydrogens is 452 g/mol. The van der Waals surface area contributed by atoms with Gasteiger partial charge in [-0.3, -0.25) is 9.59 Å². The average Bonchev–Trinajstić information content (AvgIpc) is 2.85. The van der Waals surface area contributed by atoms with Gasteiger partial charge < -0.3 is 20.8 Å². The van der Waals surface area contributed by atoms with Crippen LogP contribution in [0.4, 0.5) is 11.4 Å². The molecule has 3 aromatic carbocycles. The lowest BCUT2D eigenvalue weighted by Gasteiger charge is -2.24. The molecule has 4 N–H and O–H groups in total. The van der Waals surface area contributed by atoms with Crippen molar-refractivity contribution in [3.8, 4) is 11.5 Å². The molecule has 0 aliphatic heterocycles. The average molecular weight is 489 g/mol. The molecule has 0 spiro atoms. The minimum atomic E-state index is -0.488. The monoisotopic (exact) mass is 488 g/mol. The Labute approximate surface area is 213 Å². The Bertz CT molecular complexity index is 1180. The molecule has 3 aromatic rings. The Morgan fingerprint density at radius 1 is 0.667 bits per heavy atom. The molecule has 0 unspecified atom stereocenters. The maximum absolute atomic E-state index is 13.1. The van der Waals surface area contributed by atoms with E-state index in [1.165, 1.54) is 12.1 Å². The van der Waals surface area contributed by atoms with E-state index in [4.69, 9.17) is 0 Å². The van der Waals surface area contributed by atoms with E-state index in [1.54, 1.807) is 36.4 Å². The zero-order valence-electron chi connectivity index (χ0n) is 21.9. The Hall–Kier alpha value is -3.80. The smallest absolute Gasteiger partial charge is 0.259 e. The third-order valence-electron chi connectivity index (χ3n) is 7.24. The second-order valence-corrected chi connectivity index (χ2v) is 10.4. The fraction of sp³-hybridized carbons (Fsp3) is 0.333. The minimum absolute atomic E-state index is 0.120. The number of hydrogen-bond acceptors (Lipinski definition) is 4. The molecule has 3 rings (SSSR count). The lowest BCUT2D eigenvalue weighted by atomic mass is 9.81. The number of carbonyl (C=O) groups is 2. The molecule has 0 bridgehead atoms. The van der Waals surface area contributed by atoms with E-state index in [0.29, 0.717) is 11.4 Å². The van der Waals surface area contributed by atoms with Crippen LogP contribution in [-0.2, 0) is 10.8 Å². The number of para-hydroxylation sites is 2. The van der Waals surface area contributed by atoms with Gasteiger partial charge >= 0.3 is 0 Å². The van der Waals surface area contributed by atoms with Gasteiger partial charge in [0.1, 0.15) is 11.5 Å². The Balaban J connectivity index is 1.88. The van der Waals surface area contributed by atoms with E-state index < -0.39 is 11.8 Å². The second kappa shape index (κ2) is 10.4. The summed E-state index contributed by atoms with van der Waals surface area (Å²) in [6.07, 6.45) is 1.74. The maximum Gasteiger partial charge on any atom is 0.259 e. The zero-order chi connectivity index (χ0) is 26.7. The molecule has 0 heterocycles. The summed E-state index contributed by atoms with van der Waals surface area (Å²) >= 11 is 0. The lowest BCUT2D eigenvalue weighted by molar-refractivity contribution is 0.101. The van der Waals surface area contributed by atoms with Crippen LogP contribution in [0.3, 0.4) is 0 Å². The fourth-order valence-corrected chi connectivity index (χ4v) is 3.77. The van der Waals surface area contributed by atoms with E-state index in [-0.39, 0.29) is 33.5 Å². The van der Waals surface area contributed by atoms with Crippen LogP contribution in [0.5, 0.6) is 11.5 Å². The lowest BCUT2D eigenvalue weighted by Crippen LogP contribution is -2.20. The number of rotatable bonds is 8. The number of aromatic hydroxyl groups is 2. The Morgan fingerprint density at radius 2 is 1.03 bits per heavy atom. The van der Waals surface area contributed by atoms with Crippen LogP contribution in [0, 0.1) is 0 Å². The summed E-state index contributed by atoms with van der Waals surface area (Å²) in [6.45, 7) is 12.5. The van der Waals surface area contributed by atoms with Crippen LogP contribution >= 0.6 is 0 Å². The van der Waals surface area contributed by atoms with Gasteiger partial charge in [0, 0.05) is 0 Å². The summed E-state index contributed by atoms with van der Waals surface area (Å²) in [6, 6.07) is 16.9. The molecule has 0 radical (unpaired) electrons. The third-order valence-corrected chi connectivity index (χ3v) is 7.24. The molecule has 190 valence electrons. The quantitative estimate of drug-likeness (QED) is 0.275. The predicted octanol–water partition coefficient (Wildman–Crippen LogP) is 6.98. The number of carbonyl (C=O) groups excluding carboxylic acids is 2. The summed E-state index contributed by atoms with van der Waals surface area (Å²) in [5, 5.41) is 26.3. The first-order valence-electron chi connectivity index (χ1n) is 12.3. The summed E-state index contributed by atoms with van der Waals surface area (Å²) < 4.78 is 0. The van der Waals surface area contributed by atoms with E-state index >= 15 is 0 Å². The van der Waals surface area contributed by atoms with Gasteiger partial charge in [0.25, 0.3) is 11.8 Å². The van der Waals surface area contributed by atoms with Crippen molar-refractivity contribution >= 4 is 23.2 Å². The SMILES string of the molecule is CCC(C)(C)c1ccc(O)c(C(=O)Nc2ccccc2NC(=O)c2cc(C(C)(C)CC)ccc2O)c1. The molecule has 0 saturated carbocycles. The summed E-state index contributed by atoms with van der Waals surface area (Å²) in [4.78, 5) is 26.3. The van der Waals surface area contributed by atoms with Gasteiger partial charge in [-0.1, -0.05) is 65.8 Å². The molecule has 6 nitrogen and oxygen atoms in total. The van der Waals surface area contributed by atoms with Crippen molar-refractivity contribution in [3.63, 3.8) is 0 Å². The fourth-order valence-electron chi connectivity index (χ4n) is 3.77. The van der Waals surface area contributed by atoms with Gasteiger partial charge in [-0.15, -0.1) is 0 Å². The van der Waals surface area contributed by atoms with Gasteiger partial charge in [-0.2, -0.15) is 0 Å². The highest BCUT2D eigenvalue weighted by atomic mass is 16.3. The number of anilines is 2. The number of phenols is 2. The first-order chi connectivity index (χ1) is 16.9. The van der Waals surface area contributed by atoms with Crippen LogP contribution in [0.2, 0.25) is 0 Å². The van der Waals surface area contributed by atoms with Crippen molar-refractivity contribution < 1.29 is 19.8 Å². The Kier molecular flexibility index (Phi) is 7.77. The number of amides is 2. The molecular formula is C30H36N2O4. The van der Waals surface area contributed by atoms with Crippen molar-refractivity contribution in [2.24, 2.45) is 0 Å². The van der Waals surface area contributed by atoms with Crippen LogP contribution in [0.25, 0.3) is 0 Å². The molecule has 0 saturated heterocycles. The van der Waals surface area contributed by atoms with Gasteiger partial charge in [0.2, 0.25) is 0 Å². The molecule has 0 atom stereocenters. The van der Waals surface area contributed by atoms with Crippen LogP contribution < -0.4 is 10.6 Å². The summed E-state index contributed by atoms with van der Waals surface area (Å²) in [7, 11) is 0. The molecule has 0 aliphatic carbocycles. The summed E-state index contributed by atoms with van der Waals surface area (Å²) in [5.41, 5.74) is 2.64. The van der Waals surface area contributed by atoms with Crippen molar-refractivity contribution in [2.45, 2.75) is 65.2 Å². The van der Waals surface area contributed by atoms with Crippen molar-refractivity contribution in [1.29, 1.82) is 0 Å². The minimum Gasteiger partial charge on any atom is -0.507 e. The standard InChI is InChI=1S/C30H36N2O4/c1-7-29(3,4)19-13-15-25(33)21(17-19)27(35)31-23-11-9-10-12-24(23)32-28(36)22-18-20(14-16-26(22)34)30(5,6)8-2/h9-18,33-34H,7-8H2,1-6H3,(H,31,35)(H,32,36). The maximum atomic E-state index is 13.1. The third kappa shape index (κ3) is 5.70. The van der Waals surface area contributed by atoms with Crippen LogP contribution in [0.1, 0.15) is 86.2 Å². The van der Waals surface area contributed by atoms with Gasteiger partial charge in [0.15, 0.2) is 0 Å². The van der Waals surface area contributed by atoms with Crippen molar-refractivity contribution in [2.75, 3.05) is 10.6 Å². The summed E-state index contributed by atoms with van der Waals surface area (Å²) in [5.74, 6) is -1.22. The van der Waals surface area contributed by atoms with Crippen LogP contribution in [-0.4, -0.2) is 22.0 Å². The van der Waals surface area contributed by atoms with Gasteiger partial charge in [-0.05, 0) is 71.2 Å². The molecule has 0 aliphatic rings. The highest BCUT2D eigenvalue weighted by Gasteiger charge is 2.24. The van der Waals surface area contributed by atoms with Gasteiger partial charge in [-0.25, -0.2) is 0 Å². The van der Waals surface area contributed by atoms with Crippen molar-refractivity contribution in [3.05, 3.63) is 82.9 Å². The highest BCUT2D eigenvalue weighted by molar-refractivity contribution is 6.11. The number of hydrogen-bond donors (Lipinski definition) is 4. The zero-order valence-corrected chi connectivity index (χ0v) is 21.9. The topological polar surface area (TPSA) is 98.7 Å². The Morgan fingerprint density at radius 3 is 1.36 bits per heavy atom. The van der Waals surface area contributed by atoms with Crippen molar-refractivity contribution in [1.82, 2.24) is 0 Å². The predicted molar refractivity (Wildman–Crippen MR) is 145 cm³/mol. The molecule has 2 amide bonds. The molecule has 6 heteroatoms. The molecule has 0 fully saturated rings. The molecule has 0 aromatic heterocycles.